The molecular weight excluding hydrogens is 256 g/mol. The van der Waals surface area contributed by atoms with E-state index in [-0.39, 0.29) is 5.63 Å². The highest BCUT2D eigenvalue weighted by atomic mass is 32.1. The first-order chi connectivity index (χ1) is 9.18. The van der Waals surface area contributed by atoms with Gasteiger partial charge in [0.05, 0.1) is 5.39 Å². The smallest absolute Gasteiger partial charge is 0.344 e. The normalized spacial score (nSPS) is 10.8. The number of rotatable bonds is 1. The molecule has 1 heterocycles. The van der Waals surface area contributed by atoms with Crippen LogP contribution in [0.2, 0.25) is 0 Å². The van der Waals surface area contributed by atoms with Gasteiger partial charge < -0.3 is 4.42 Å². The summed E-state index contributed by atoms with van der Waals surface area (Å²) in [6.07, 6.45) is 0. The van der Waals surface area contributed by atoms with Gasteiger partial charge in [-0.3, -0.25) is 0 Å². The van der Waals surface area contributed by atoms with Crippen molar-refractivity contribution in [2.45, 2.75) is 11.8 Å². The molecule has 0 aliphatic carbocycles. The molecule has 2 aromatic carbocycles. The molecule has 1 aromatic heterocycles. The average molecular weight is 268 g/mol. The van der Waals surface area contributed by atoms with Crippen LogP contribution in [0, 0.1) is 6.92 Å². The predicted octanol–water partition coefficient (Wildman–Crippen LogP) is 4.06. The van der Waals surface area contributed by atoms with Crippen LogP contribution in [-0.2, 0) is 0 Å². The molecule has 0 unspecified atom stereocenters. The Kier molecular flexibility index (Phi) is 2.91. The van der Waals surface area contributed by atoms with Gasteiger partial charge in [0.2, 0.25) is 0 Å². The van der Waals surface area contributed by atoms with Crippen molar-refractivity contribution in [2.75, 3.05) is 0 Å². The zero-order chi connectivity index (χ0) is 13.4. The molecule has 3 rings (SSSR count). The van der Waals surface area contributed by atoms with Crippen LogP contribution in [0.4, 0.5) is 0 Å². The van der Waals surface area contributed by atoms with Crippen molar-refractivity contribution < 1.29 is 4.42 Å². The van der Waals surface area contributed by atoms with E-state index in [9.17, 15) is 4.79 Å². The molecule has 0 spiro atoms. The molecule has 0 saturated carbocycles. The molecule has 0 fully saturated rings. The van der Waals surface area contributed by atoms with Crippen LogP contribution in [0.3, 0.4) is 0 Å². The number of aryl methyl sites for hydroxylation is 1. The van der Waals surface area contributed by atoms with Gasteiger partial charge in [0.15, 0.2) is 0 Å². The van der Waals surface area contributed by atoms with Crippen LogP contribution >= 0.6 is 12.6 Å². The lowest BCUT2D eigenvalue weighted by Crippen LogP contribution is -2.03. The Bertz CT molecular complexity index is 804. The summed E-state index contributed by atoms with van der Waals surface area (Å²) in [4.78, 5) is 12.9. The number of hydrogen-bond acceptors (Lipinski definition) is 3. The fourth-order valence-corrected chi connectivity index (χ4v) is 2.68. The second kappa shape index (κ2) is 4.59. The minimum atomic E-state index is -0.324. The van der Waals surface area contributed by atoms with Gasteiger partial charge in [-0.05, 0) is 19.1 Å². The molecule has 0 aliphatic heterocycles. The zero-order valence-corrected chi connectivity index (χ0v) is 11.3. The molecular formula is C16H12O2S. The third kappa shape index (κ3) is 1.96. The molecule has 0 atom stereocenters. The maximum Gasteiger partial charge on any atom is 0.344 e. The first kappa shape index (κ1) is 12.1. The SMILES string of the molecule is Cc1c(-c2ccccc2)oc(=O)c2cccc(S)c12. The van der Waals surface area contributed by atoms with E-state index in [0.29, 0.717) is 11.1 Å². The lowest BCUT2D eigenvalue weighted by atomic mass is 10.0. The Morgan fingerprint density at radius 1 is 1.00 bits per heavy atom. The van der Waals surface area contributed by atoms with Gasteiger partial charge in [-0.15, -0.1) is 12.6 Å². The summed E-state index contributed by atoms with van der Waals surface area (Å²) in [6, 6.07) is 15.1. The van der Waals surface area contributed by atoms with Gasteiger partial charge in [0.25, 0.3) is 0 Å². The van der Waals surface area contributed by atoms with Gasteiger partial charge >= 0.3 is 5.63 Å². The lowest BCUT2D eigenvalue weighted by molar-refractivity contribution is 0.531. The van der Waals surface area contributed by atoms with E-state index >= 15 is 0 Å². The maximum absolute atomic E-state index is 12.1. The second-order valence-electron chi connectivity index (χ2n) is 4.41. The molecule has 94 valence electrons. The molecule has 0 amide bonds. The minimum absolute atomic E-state index is 0.324. The van der Waals surface area contributed by atoms with E-state index in [2.05, 4.69) is 12.6 Å². The Morgan fingerprint density at radius 2 is 1.74 bits per heavy atom. The standard InChI is InChI=1S/C16H12O2S/c1-10-14-12(8-5-9-13(14)19)16(17)18-15(10)11-6-3-2-4-7-11/h2-9,19H,1H3. The summed E-state index contributed by atoms with van der Waals surface area (Å²) < 4.78 is 5.47. The lowest BCUT2D eigenvalue weighted by Gasteiger charge is -2.09. The van der Waals surface area contributed by atoms with E-state index in [1.54, 1.807) is 6.07 Å². The molecule has 0 saturated heterocycles. The number of thiol groups is 1. The highest BCUT2D eigenvalue weighted by Crippen LogP contribution is 2.30. The average Bonchev–Trinajstić information content (AvgIpc) is 2.43. The van der Waals surface area contributed by atoms with Crippen LogP contribution in [0.15, 0.2) is 62.6 Å². The van der Waals surface area contributed by atoms with Crippen molar-refractivity contribution in [3.63, 3.8) is 0 Å². The number of benzene rings is 2. The van der Waals surface area contributed by atoms with Crippen LogP contribution in [0.5, 0.6) is 0 Å². The summed E-state index contributed by atoms with van der Waals surface area (Å²) in [5.41, 5.74) is 1.51. The number of hydrogen-bond donors (Lipinski definition) is 1. The number of fused-ring (bicyclic) bond motifs is 1. The quantitative estimate of drug-likeness (QED) is 0.675. The van der Waals surface area contributed by atoms with E-state index < -0.39 is 0 Å². The van der Waals surface area contributed by atoms with E-state index in [0.717, 1.165) is 21.4 Å². The molecule has 3 aromatic rings. The van der Waals surface area contributed by atoms with E-state index in [4.69, 9.17) is 4.42 Å². The molecule has 0 bridgehead atoms. The molecule has 0 N–H and O–H groups in total. The first-order valence-electron chi connectivity index (χ1n) is 5.99. The highest BCUT2D eigenvalue weighted by molar-refractivity contribution is 7.80. The van der Waals surface area contributed by atoms with Crippen molar-refractivity contribution in [3.8, 4) is 11.3 Å². The van der Waals surface area contributed by atoms with Crippen LogP contribution in [-0.4, -0.2) is 0 Å². The van der Waals surface area contributed by atoms with E-state index in [1.165, 1.54) is 0 Å². The zero-order valence-electron chi connectivity index (χ0n) is 10.4. The van der Waals surface area contributed by atoms with Gasteiger partial charge in [-0.1, -0.05) is 36.4 Å². The van der Waals surface area contributed by atoms with Gasteiger partial charge in [0.1, 0.15) is 5.76 Å². The van der Waals surface area contributed by atoms with Gasteiger partial charge in [-0.25, -0.2) is 4.79 Å². The summed E-state index contributed by atoms with van der Waals surface area (Å²) in [6.45, 7) is 1.95. The van der Waals surface area contributed by atoms with Crippen molar-refractivity contribution in [1.82, 2.24) is 0 Å². The first-order valence-corrected chi connectivity index (χ1v) is 6.44. The minimum Gasteiger partial charge on any atom is -0.422 e. The maximum atomic E-state index is 12.1. The Hall–Kier alpha value is -2.00. The molecule has 19 heavy (non-hydrogen) atoms. The largest absolute Gasteiger partial charge is 0.422 e. The Balaban J connectivity index is 2.44. The molecule has 3 heteroatoms. The topological polar surface area (TPSA) is 30.2 Å². The predicted molar refractivity (Wildman–Crippen MR) is 79.9 cm³/mol. The van der Waals surface area contributed by atoms with Crippen molar-refractivity contribution >= 4 is 23.4 Å². The monoisotopic (exact) mass is 268 g/mol. The Labute approximate surface area is 116 Å². The fraction of sp³-hybridized carbons (Fsp3) is 0.0625. The van der Waals surface area contributed by atoms with Gasteiger partial charge in [0, 0.05) is 21.4 Å². The van der Waals surface area contributed by atoms with E-state index in [1.807, 2.05) is 49.4 Å². The Morgan fingerprint density at radius 3 is 2.47 bits per heavy atom. The van der Waals surface area contributed by atoms with Crippen molar-refractivity contribution in [3.05, 3.63) is 64.5 Å². The summed E-state index contributed by atoms with van der Waals surface area (Å²) in [5, 5.41) is 1.44. The molecule has 0 aliphatic rings. The van der Waals surface area contributed by atoms with Crippen LogP contribution < -0.4 is 5.63 Å². The summed E-state index contributed by atoms with van der Waals surface area (Å²) in [5.74, 6) is 0.611. The fourth-order valence-electron chi connectivity index (χ4n) is 2.31. The van der Waals surface area contributed by atoms with Crippen LogP contribution in [0.1, 0.15) is 5.56 Å². The molecule has 2 nitrogen and oxygen atoms in total. The summed E-state index contributed by atoms with van der Waals surface area (Å²) in [7, 11) is 0. The third-order valence-corrected chi connectivity index (χ3v) is 3.58. The molecule has 0 radical (unpaired) electrons. The summed E-state index contributed by atoms with van der Waals surface area (Å²) >= 11 is 4.45. The third-order valence-electron chi connectivity index (χ3n) is 3.21. The van der Waals surface area contributed by atoms with Crippen molar-refractivity contribution in [2.24, 2.45) is 0 Å². The van der Waals surface area contributed by atoms with Gasteiger partial charge in [-0.2, -0.15) is 0 Å². The van der Waals surface area contributed by atoms with Crippen LogP contribution in [0.25, 0.3) is 22.1 Å². The highest BCUT2D eigenvalue weighted by Gasteiger charge is 2.13. The van der Waals surface area contributed by atoms with Crippen molar-refractivity contribution in [1.29, 1.82) is 0 Å². The second-order valence-corrected chi connectivity index (χ2v) is 4.89.